The minimum atomic E-state index is -0.662. The van der Waals surface area contributed by atoms with Crippen LogP contribution in [0.4, 0.5) is 10.5 Å². The van der Waals surface area contributed by atoms with Gasteiger partial charge in [0.05, 0.1) is 7.11 Å². The predicted octanol–water partition coefficient (Wildman–Crippen LogP) is 0.697. The molecule has 0 heterocycles. The maximum Gasteiger partial charge on any atom is 0.409 e. The van der Waals surface area contributed by atoms with Gasteiger partial charge in [-0.2, -0.15) is 0 Å². The maximum atomic E-state index is 10.8. The molecule has 0 aliphatic heterocycles. The van der Waals surface area contributed by atoms with Crippen molar-refractivity contribution >= 4 is 11.8 Å². The summed E-state index contributed by atoms with van der Waals surface area (Å²) in [6.07, 6.45) is -1.23. The van der Waals surface area contributed by atoms with Crippen molar-refractivity contribution in [3.63, 3.8) is 0 Å². The van der Waals surface area contributed by atoms with Crippen LogP contribution in [0.2, 0.25) is 0 Å². The number of amides is 1. The number of anilines is 1. The van der Waals surface area contributed by atoms with E-state index in [4.69, 9.17) is 5.73 Å². The second kappa shape index (κ2) is 5.08. The molecule has 0 saturated heterocycles. The van der Waals surface area contributed by atoms with Crippen LogP contribution in [-0.2, 0) is 4.74 Å². The van der Waals surface area contributed by atoms with E-state index in [2.05, 4.69) is 15.4 Å². The summed E-state index contributed by atoms with van der Waals surface area (Å²) in [5, 5.41) is 5.26. The standard InChI is InChI=1S/C9H13N3O2/c1-14-9(13)12-8(10)11-7-5-3-2-4-6-7/h2-6,8,11H,10H2,1H3,(H,12,13). The van der Waals surface area contributed by atoms with Crippen molar-refractivity contribution in [1.82, 2.24) is 5.32 Å². The van der Waals surface area contributed by atoms with Crippen molar-refractivity contribution in [1.29, 1.82) is 0 Å². The van der Waals surface area contributed by atoms with Crippen LogP contribution < -0.4 is 16.4 Å². The van der Waals surface area contributed by atoms with Gasteiger partial charge in [0.1, 0.15) is 0 Å². The van der Waals surface area contributed by atoms with Crippen LogP contribution in [0.5, 0.6) is 0 Å². The highest BCUT2D eigenvalue weighted by molar-refractivity contribution is 5.67. The Morgan fingerprint density at radius 2 is 2.07 bits per heavy atom. The van der Waals surface area contributed by atoms with E-state index in [1.807, 2.05) is 30.3 Å². The van der Waals surface area contributed by atoms with Crippen LogP contribution in [0.3, 0.4) is 0 Å². The molecule has 1 unspecified atom stereocenters. The van der Waals surface area contributed by atoms with Crippen LogP contribution in [0.1, 0.15) is 0 Å². The first-order chi connectivity index (χ1) is 6.72. The molecule has 5 heteroatoms. The molecule has 1 atom stereocenters. The normalized spacial score (nSPS) is 11.6. The topological polar surface area (TPSA) is 76.4 Å². The minimum absolute atomic E-state index is 0.569. The molecule has 1 aromatic rings. The number of nitrogens with two attached hydrogens (primary N) is 1. The van der Waals surface area contributed by atoms with Gasteiger partial charge in [-0.05, 0) is 12.1 Å². The molecule has 0 aromatic heterocycles. The number of alkyl carbamates (subject to hydrolysis) is 1. The van der Waals surface area contributed by atoms with E-state index < -0.39 is 12.4 Å². The van der Waals surface area contributed by atoms with Crippen molar-refractivity contribution < 1.29 is 9.53 Å². The van der Waals surface area contributed by atoms with Crippen LogP contribution in [0.25, 0.3) is 0 Å². The van der Waals surface area contributed by atoms with Gasteiger partial charge in [-0.1, -0.05) is 18.2 Å². The molecule has 0 radical (unpaired) electrons. The Balaban J connectivity index is 2.41. The summed E-state index contributed by atoms with van der Waals surface area (Å²) in [7, 11) is 1.28. The Bertz CT molecular complexity index is 289. The lowest BCUT2D eigenvalue weighted by molar-refractivity contribution is 0.168. The van der Waals surface area contributed by atoms with Gasteiger partial charge >= 0.3 is 6.09 Å². The Morgan fingerprint density at radius 1 is 1.43 bits per heavy atom. The van der Waals surface area contributed by atoms with Crippen molar-refractivity contribution in [2.75, 3.05) is 12.4 Å². The molecule has 0 aliphatic carbocycles. The van der Waals surface area contributed by atoms with Gasteiger partial charge in [0.25, 0.3) is 0 Å². The van der Waals surface area contributed by atoms with Crippen LogP contribution in [0.15, 0.2) is 30.3 Å². The minimum Gasteiger partial charge on any atom is -0.453 e. The number of ether oxygens (including phenoxy) is 1. The third kappa shape index (κ3) is 3.32. The van der Waals surface area contributed by atoms with Crippen molar-refractivity contribution in [3.05, 3.63) is 30.3 Å². The molecular formula is C9H13N3O2. The summed E-state index contributed by atoms with van der Waals surface area (Å²) in [4.78, 5) is 10.8. The zero-order chi connectivity index (χ0) is 10.4. The number of carbonyl (C=O) groups is 1. The van der Waals surface area contributed by atoms with Gasteiger partial charge in [-0.3, -0.25) is 11.1 Å². The van der Waals surface area contributed by atoms with Gasteiger partial charge in [-0.15, -0.1) is 0 Å². The molecule has 76 valence electrons. The number of methoxy groups -OCH3 is 1. The van der Waals surface area contributed by atoms with E-state index in [-0.39, 0.29) is 0 Å². The predicted molar refractivity (Wildman–Crippen MR) is 53.6 cm³/mol. The van der Waals surface area contributed by atoms with Gasteiger partial charge in [0.2, 0.25) is 0 Å². The molecule has 0 spiro atoms. The summed E-state index contributed by atoms with van der Waals surface area (Å²) in [6.45, 7) is 0. The number of rotatable bonds is 3. The average Bonchev–Trinajstić information content (AvgIpc) is 2.19. The fraction of sp³-hybridized carbons (Fsp3) is 0.222. The van der Waals surface area contributed by atoms with E-state index in [0.717, 1.165) is 5.69 Å². The number of nitrogens with one attached hydrogen (secondary N) is 2. The lowest BCUT2D eigenvalue weighted by atomic mass is 10.3. The molecule has 0 saturated carbocycles. The molecule has 0 bridgehead atoms. The molecule has 14 heavy (non-hydrogen) atoms. The lowest BCUT2D eigenvalue weighted by Crippen LogP contribution is -2.47. The van der Waals surface area contributed by atoms with Crippen molar-refractivity contribution in [2.45, 2.75) is 6.29 Å². The van der Waals surface area contributed by atoms with E-state index in [0.29, 0.717) is 0 Å². The highest BCUT2D eigenvalue weighted by Crippen LogP contribution is 2.04. The van der Waals surface area contributed by atoms with Crippen molar-refractivity contribution in [3.8, 4) is 0 Å². The van der Waals surface area contributed by atoms with E-state index in [1.54, 1.807) is 0 Å². The van der Waals surface area contributed by atoms with Gasteiger partial charge in [0, 0.05) is 5.69 Å². The summed E-state index contributed by atoms with van der Waals surface area (Å²) in [5.41, 5.74) is 6.39. The van der Waals surface area contributed by atoms with Crippen LogP contribution in [-0.4, -0.2) is 19.5 Å². The highest BCUT2D eigenvalue weighted by atomic mass is 16.5. The SMILES string of the molecule is COC(=O)NC(N)Nc1ccccc1. The Morgan fingerprint density at radius 3 is 2.64 bits per heavy atom. The number of hydrogen-bond acceptors (Lipinski definition) is 4. The quantitative estimate of drug-likeness (QED) is 0.620. The molecule has 4 N–H and O–H groups in total. The van der Waals surface area contributed by atoms with Crippen LogP contribution >= 0.6 is 0 Å². The summed E-state index contributed by atoms with van der Waals surface area (Å²) in [5.74, 6) is 0. The molecule has 1 aromatic carbocycles. The third-order valence-electron chi connectivity index (χ3n) is 1.55. The largest absolute Gasteiger partial charge is 0.453 e. The molecule has 0 aliphatic rings. The molecule has 0 fully saturated rings. The number of hydrogen-bond donors (Lipinski definition) is 3. The maximum absolute atomic E-state index is 10.8. The summed E-state index contributed by atoms with van der Waals surface area (Å²) >= 11 is 0. The molecule has 1 amide bonds. The first kappa shape index (κ1) is 10.3. The Hall–Kier alpha value is -1.75. The lowest BCUT2D eigenvalue weighted by Gasteiger charge is -2.15. The zero-order valence-corrected chi connectivity index (χ0v) is 7.86. The number of para-hydroxylation sites is 1. The fourth-order valence-electron chi connectivity index (χ4n) is 0.936. The second-order valence-corrected chi connectivity index (χ2v) is 2.62. The number of benzene rings is 1. The van der Waals surface area contributed by atoms with Crippen LogP contribution in [0, 0.1) is 0 Å². The second-order valence-electron chi connectivity index (χ2n) is 2.62. The molecule has 1 rings (SSSR count). The van der Waals surface area contributed by atoms with Crippen molar-refractivity contribution in [2.24, 2.45) is 5.73 Å². The number of carbonyl (C=O) groups excluding carboxylic acids is 1. The first-order valence-corrected chi connectivity index (χ1v) is 4.14. The average molecular weight is 195 g/mol. The third-order valence-corrected chi connectivity index (χ3v) is 1.55. The van der Waals surface area contributed by atoms with Gasteiger partial charge < -0.3 is 10.1 Å². The summed E-state index contributed by atoms with van der Waals surface area (Å²) < 4.78 is 4.39. The summed E-state index contributed by atoms with van der Waals surface area (Å²) in [6, 6.07) is 9.32. The van der Waals surface area contributed by atoms with E-state index in [9.17, 15) is 4.79 Å². The molecule has 5 nitrogen and oxygen atoms in total. The monoisotopic (exact) mass is 195 g/mol. The van der Waals surface area contributed by atoms with E-state index >= 15 is 0 Å². The van der Waals surface area contributed by atoms with Gasteiger partial charge in [0.15, 0.2) is 6.29 Å². The van der Waals surface area contributed by atoms with E-state index in [1.165, 1.54) is 7.11 Å². The molecular weight excluding hydrogens is 182 g/mol. The first-order valence-electron chi connectivity index (χ1n) is 4.14. The zero-order valence-electron chi connectivity index (χ0n) is 7.86. The van der Waals surface area contributed by atoms with Gasteiger partial charge in [-0.25, -0.2) is 4.79 Å². The highest BCUT2D eigenvalue weighted by Gasteiger charge is 2.05. The Labute approximate surface area is 82.2 Å². The smallest absolute Gasteiger partial charge is 0.409 e. The Kier molecular flexibility index (Phi) is 3.75. The fourth-order valence-corrected chi connectivity index (χ4v) is 0.936.